The lowest BCUT2D eigenvalue weighted by molar-refractivity contribution is -0.156. The van der Waals surface area contributed by atoms with Gasteiger partial charge in [0.05, 0.1) is 6.54 Å². The molecule has 1 saturated heterocycles. The van der Waals surface area contributed by atoms with E-state index in [4.69, 9.17) is 5.73 Å². The summed E-state index contributed by atoms with van der Waals surface area (Å²) < 4.78 is 0. The lowest BCUT2D eigenvalue weighted by Crippen LogP contribution is -2.56. The maximum atomic E-state index is 11.9. The molecule has 0 spiro atoms. The van der Waals surface area contributed by atoms with Crippen molar-refractivity contribution in [1.82, 2.24) is 9.80 Å². The smallest absolute Gasteiger partial charge is 0.312 e. The molecule has 106 valence electrons. The highest BCUT2D eigenvalue weighted by atomic mass is 16.2. The van der Waals surface area contributed by atoms with Crippen molar-refractivity contribution in [2.24, 2.45) is 5.73 Å². The van der Waals surface area contributed by atoms with Gasteiger partial charge in [0, 0.05) is 19.6 Å². The Balaban J connectivity index is 1.90. The molecule has 0 atom stereocenters. The summed E-state index contributed by atoms with van der Waals surface area (Å²) in [6.07, 6.45) is 0.704. The summed E-state index contributed by atoms with van der Waals surface area (Å²) in [4.78, 5) is 37.3. The Morgan fingerprint density at radius 1 is 1.05 bits per heavy atom. The van der Waals surface area contributed by atoms with Crippen molar-refractivity contribution in [3.05, 3.63) is 35.9 Å². The van der Waals surface area contributed by atoms with E-state index in [0.717, 1.165) is 5.56 Å². The van der Waals surface area contributed by atoms with Crippen LogP contribution in [-0.4, -0.2) is 53.7 Å². The predicted octanol–water partition coefficient (Wildman–Crippen LogP) is -0.615. The minimum atomic E-state index is -0.650. The van der Waals surface area contributed by atoms with Gasteiger partial charge in [-0.1, -0.05) is 30.3 Å². The van der Waals surface area contributed by atoms with Crippen LogP contribution in [0.25, 0.3) is 0 Å². The van der Waals surface area contributed by atoms with Crippen molar-refractivity contribution < 1.29 is 14.4 Å². The highest BCUT2D eigenvalue weighted by Gasteiger charge is 2.32. The van der Waals surface area contributed by atoms with Crippen molar-refractivity contribution in [2.45, 2.75) is 6.42 Å². The van der Waals surface area contributed by atoms with Crippen molar-refractivity contribution in [3.8, 4) is 0 Å². The van der Waals surface area contributed by atoms with Crippen molar-refractivity contribution in [2.75, 3.05) is 26.2 Å². The lowest BCUT2D eigenvalue weighted by Gasteiger charge is -2.33. The average Bonchev–Trinajstić information content (AvgIpc) is 2.44. The molecule has 6 nitrogen and oxygen atoms in total. The van der Waals surface area contributed by atoms with Crippen molar-refractivity contribution in [3.63, 3.8) is 0 Å². The first-order valence-electron chi connectivity index (χ1n) is 6.48. The van der Waals surface area contributed by atoms with Crippen LogP contribution in [-0.2, 0) is 20.8 Å². The van der Waals surface area contributed by atoms with Crippen LogP contribution in [0.1, 0.15) is 5.56 Å². The van der Waals surface area contributed by atoms with Gasteiger partial charge in [0.1, 0.15) is 0 Å². The summed E-state index contributed by atoms with van der Waals surface area (Å²) in [6, 6.07) is 9.77. The van der Waals surface area contributed by atoms with Crippen LogP contribution in [0.4, 0.5) is 0 Å². The number of nitrogens with zero attached hydrogens (tertiary/aromatic N) is 2. The third kappa shape index (κ3) is 3.34. The maximum absolute atomic E-state index is 11.9. The molecule has 3 amide bonds. The number of benzene rings is 1. The SMILES string of the molecule is NC(=O)CN1CCN(CCc2ccccc2)C(=O)C1=O. The van der Waals surface area contributed by atoms with Gasteiger partial charge in [0.15, 0.2) is 0 Å². The number of carbonyl (C=O) groups excluding carboxylic acids is 3. The molecule has 1 heterocycles. The van der Waals surface area contributed by atoms with Gasteiger partial charge in [0.25, 0.3) is 0 Å². The summed E-state index contributed by atoms with van der Waals surface area (Å²) in [5.41, 5.74) is 6.16. The van der Waals surface area contributed by atoms with Crippen LogP contribution in [0.15, 0.2) is 30.3 Å². The number of amides is 3. The first-order chi connectivity index (χ1) is 9.58. The fourth-order valence-electron chi connectivity index (χ4n) is 2.18. The highest BCUT2D eigenvalue weighted by Crippen LogP contribution is 2.07. The lowest BCUT2D eigenvalue weighted by atomic mass is 10.1. The number of hydrogen-bond acceptors (Lipinski definition) is 3. The summed E-state index contributed by atoms with van der Waals surface area (Å²) in [5, 5.41) is 0. The standard InChI is InChI=1S/C14H17N3O3/c15-12(18)10-17-9-8-16(13(19)14(17)20)7-6-11-4-2-1-3-5-11/h1-5H,6-10H2,(H2,15,18). The molecule has 6 heteroatoms. The van der Waals surface area contributed by atoms with E-state index in [1.807, 2.05) is 30.3 Å². The van der Waals surface area contributed by atoms with Gasteiger partial charge in [-0.25, -0.2) is 0 Å². The molecule has 1 aromatic carbocycles. The van der Waals surface area contributed by atoms with Crippen molar-refractivity contribution in [1.29, 1.82) is 0 Å². The molecule has 0 bridgehead atoms. The fourth-order valence-corrected chi connectivity index (χ4v) is 2.18. The second kappa shape index (κ2) is 6.18. The Morgan fingerprint density at radius 3 is 2.30 bits per heavy atom. The average molecular weight is 275 g/mol. The minimum Gasteiger partial charge on any atom is -0.368 e. The predicted molar refractivity (Wildman–Crippen MR) is 72.5 cm³/mol. The van der Waals surface area contributed by atoms with Gasteiger partial charge < -0.3 is 15.5 Å². The molecule has 1 aliphatic rings. The quantitative estimate of drug-likeness (QED) is 0.727. The zero-order chi connectivity index (χ0) is 14.5. The monoisotopic (exact) mass is 275 g/mol. The fraction of sp³-hybridized carbons (Fsp3) is 0.357. The number of nitrogens with two attached hydrogens (primary N) is 1. The van der Waals surface area contributed by atoms with Crippen molar-refractivity contribution >= 4 is 17.7 Å². The van der Waals surface area contributed by atoms with E-state index in [2.05, 4.69) is 0 Å². The normalized spacial score (nSPS) is 15.6. The van der Waals surface area contributed by atoms with E-state index in [1.165, 1.54) is 9.80 Å². The Kier molecular flexibility index (Phi) is 4.34. The Labute approximate surface area is 117 Å². The number of primary amides is 1. The van der Waals surface area contributed by atoms with Gasteiger partial charge in [-0.2, -0.15) is 0 Å². The maximum Gasteiger partial charge on any atom is 0.312 e. The second-order valence-corrected chi connectivity index (χ2v) is 4.72. The van der Waals surface area contributed by atoms with E-state index in [-0.39, 0.29) is 6.54 Å². The molecule has 0 unspecified atom stereocenters. The molecule has 1 aliphatic heterocycles. The van der Waals surface area contributed by atoms with E-state index >= 15 is 0 Å². The minimum absolute atomic E-state index is 0.197. The third-order valence-corrected chi connectivity index (χ3v) is 3.26. The van der Waals surface area contributed by atoms with Gasteiger partial charge in [0.2, 0.25) is 5.91 Å². The van der Waals surface area contributed by atoms with Crippen LogP contribution in [0, 0.1) is 0 Å². The zero-order valence-corrected chi connectivity index (χ0v) is 11.1. The molecule has 1 aromatic rings. The van der Waals surface area contributed by atoms with Crippen LogP contribution in [0.5, 0.6) is 0 Å². The van der Waals surface area contributed by atoms with Gasteiger partial charge in [-0.15, -0.1) is 0 Å². The summed E-state index contributed by atoms with van der Waals surface area (Å²) in [5.74, 6) is -1.82. The molecule has 20 heavy (non-hydrogen) atoms. The van der Waals surface area contributed by atoms with Crippen LogP contribution in [0.2, 0.25) is 0 Å². The van der Waals surface area contributed by atoms with Gasteiger partial charge >= 0.3 is 11.8 Å². The first kappa shape index (κ1) is 14.0. The molecule has 2 N–H and O–H groups in total. The summed E-state index contributed by atoms with van der Waals surface area (Å²) in [6.45, 7) is 1.09. The number of carbonyl (C=O) groups is 3. The zero-order valence-electron chi connectivity index (χ0n) is 11.1. The molecule has 2 rings (SSSR count). The van der Waals surface area contributed by atoms with Gasteiger partial charge in [-0.3, -0.25) is 14.4 Å². The first-order valence-corrected chi connectivity index (χ1v) is 6.48. The molecular weight excluding hydrogens is 258 g/mol. The Morgan fingerprint density at radius 2 is 1.65 bits per heavy atom. The molecule has 0 aliphatic carbocycles. The number of hydrogen-bond donors (Lipinski definition) is 1. The molecule has 0 aromatic heterocycles. The molecule has 0 radical (unpaired) electrons. The van der Waals surface area contributed by atoms with Gasteiger partial charge in [-0.05, 0) is 12.0 Å². The largest absolute Gasteiger partial charge is 0.368 e. The van der Waals surface area contributed by atoms with Crippen LogP contribution >= 0.6 is 0 Å². The number of piperazine rings is 1. The molecule has 0 saturated carbocycles. The van der Waals surface area contributed by atoms with E-state index in [0.29, 0.717) is 26.1 Å². The summed E-state index contributed by atoms with van der Waals surface area (Å²) >= 11 is 0. The van der Waals surface area contributed by atoms with E-state index < -0.39 is 17.7 Å². The third-order valence-electron chi connectivity index (χ3n) is 3.26. The number of rotatable bonds is 5. The van der Waals surface area contributed by atoms with E-state index in [9.17, 15) is 14.4 Å². The van der Waals surface area contributed by atoms with E-state index in [1.54, 1.807) is 0 Å². The molecule has 1 fully saturated rings. The summed E-state index contributed by atoms with van der Waals surface area (Å²) in [7, 11) is 0. The second-order valence-electron chi connectivity index (χ2n) is 4.72. The topological polar surface area (TPSA) is 83.7 Å². The van der Waals surface area contributed by atoms with Crippen LogP contribution < -0.4 is 5.73 Å². The van der Waals surface area contributed by atoms with Crippen LogP contribution in [0.3, 0.4) is 0 Å². The Hall–Kier alpha value is -2.37. The Bertz CT molecular complexity index is 516. The molecular formula is C14H17N3O3. The highest BCUT2D eigenvalue weighted by molar-refractivity contribution is 6.35.